The molecule has 0 aliphatic heterocycles. The van der Waals surface area contributed by atoms with Crippen molar-refractivity contribution in [3.8, 4) is 0 Å². The summed E-state index contributed by atoms with van der Waals surface area (Å²) in [5, 5.41) is 12.9. The van der Waals surface area contributed by atoms with Crippen LogP contribution in [0.4, 0.5) is 0 Å². The molecule has 6 nitrogen and oxygen atoms in total. The zero-order valence-corrected chi connectivity index (χ0v) is 17.8. The molecule has 6 heteroatoms. The van der Waals surface area contributed by atoms with Gasteiger partial charge in [-0.05, 0) is 24.0 Å². The van der Waals surface area contributed by atoms with Gasteiger partial charge in [0.2, 0.25) is 5.91 Å². The summed E-state index contributed by atoms with van der Waals surface area (Å²) in [6.07, 6.45) is 2.17. The number of carbonyl (C=O) groups excluding carboxylic acids is 2. The van der Waals surface area contributed by atoms with E-state index in [1.807, 2.05) is 68.4 Å². The Balaban J connectivity index is 1.89. The lowest BCUT2D eigenvalue weighted by Gasteiger charge is -2.22. The van der Waals surface area contributed by atoms with E-state index in [0.29, 0.717) is 18.4 Å². The molecular formula is C25H28N2O4. The van der Waals surface area contributed by atoms with E-state index < -0.39 is 23.8 Å². The highest BCUT2D eigenvalue weighted by Crippen LogP contribution is 2.22. The lowest BCUT2D eigenvalue weighted by Crippen LogP contribution is -2.45. The number of ketones is 1. The van der Waals surface area contributed by atoms with Gasteiger partial charge in [0.1, 0.15) is 0 Å². The molecule has 3 rings (SSSR count). The highest BCUT2D eigenvalue weighted by Gasteiger charge is 2.29. The number of para-hydroxylation sites is 1. The minimum absolute atomic E-state index is 0.159. The van der Waals surface area contributed by atoms with E-state index >= 15 is 0 Å². The van der Waals surface area contributed by atoms with Gasteiger partial charge >= 0.3 is 5.97 Å². The molecule has 0 aliphatic rings. The van der Waals surface area contributed by atoms with E-state index in [2.05, 4.69) is 10.3 Å². The molecule has 1 aromatic heterocycles. The standard InChI is InChI=1S/C25H28N2O4/c1-16(2)12-18(14-23(28)29)25(31)27-22(13-17-8-4-3-5-9-17)24(30)20-15-26-21-11-7-6-10-19(20)21/h3-11,15-16,18,22,26H,12-14H2,1-2H3,(H,27,31)(H,28,29)/t18-,22+/m1/s1. The Morgan fingerprint density at radius 3 is 2.35 bits per heavy atom. The third-order valence-electron chi connectivity index (χ3n) is 5.32. The number of nitrogens with one attached hydrogen (secondary N) is 2. The number of amides is 1. The molecule has 2 aromatic carbocycles. The summed E-state index contributed by atoms with van der Waals surface area (Å²) in [5.41, 5.74) is 2.27. The van der Waals surface area contributed by atoms with Crippen molar-refractivity contribution in [3.05, 3.63) is 71.9 Å². The van der Waals surface area contributed by atoms with E-state index in [1.54, 1.807) is 6.20 Å². The number of hydrogen-bond acceptors (Lipinski definition) is 3. The number of aromatic nitrogens is 1. The molecule has 2 atom stereocenters. The number of aliphatic carboxylic acids is 1. The van der Waals surface area contributed by atoms with Gasteiger partial charge in [0.15, 0.2) is 5.78 Å². The predicted octanol–water partition coefficient (Wildman–Crippen LogP) is 4.22. The molecule has 3 aromatic rings. The second-order valence-electron chi connectivity index (χ2n) is 8.29. The van der Waals surface area contributed by atoms with E-state index in [0.717, 1.165) is 16.5 Å². The lowest BCUT2D eigenvalue weighted by molar-refractivity contribution is -0.141. The van der Waals surface area contributed by atoms with Crippen LogP contribution in [0.5, 0.6) is 0 Å². The number of carbonyl (C=O) groups is 3. The van der Waals surface area contributed by atoms with E-state index in [1.165, 1.54) is 0 Å². The van der Waals surface area contributed by atoms with Gasteiger partial charge in [-0.25, -0.2) is 0 Å². The number of carboxylic acids is 1. The van der Waals surface area contributed by atoms with Crippen molar-refractivity contribution < 1.29 is 19.5 Å². The second-order valence-corrected chi connectivity index (χ2v) is 8.29. The molecule has 0 aliphatic carbocycles. The van der Waals surface area contributed by atoms with Crippen LogP contribution in [0.25, 0.3) is 10.9 Å². The second kappa shape index (κ2) is 10.1. The zero-order valence-electron chi connectivity index (χ0n) is 17.8. The monoisotopic (exact) mass is 420 g/mol. The lowest BCUT2D eigenvalue weighted by atomic mass is 9.91. The number of carboxylic acid groups (broad SMARTS) is 1. The molecule has 1 heterocycles. The third-order valence-corrected chi connectivity index (χ3v) is 5.32. The van der Waals surface area contributed by atoms with Crippen LogP contribution in [0.2, 0.25) is 0 Å². The normalized spacial score (nSPS) is 13.1. The fourth-order valence-corrected chi connectivity index (χ4v) is 3.87. The summed E-state index contributed by atoms with van der Waals surface area (Å²) in [4.78, 5) is 40.9. The van der Waals surface area contributed by atoms with Crippen molar-refractivity contribution in [2.24, 2.45) is 11.8 Å². The predicted molar refractivity (Wildman–Crippen MR) is 120 cm³/mol. The van der Waals surface area contributed by atoms with Crippen molar-refractivity contribution >= 4 is 28.6 Å². The SMILES string of the molecule is CC(C)C[C@H](CC(=O)O)C(=O)N[C@@H](Cc1ccccc1)C(=O)c1c[nH]c2ccccc12. The Labute approximate surface area is 181 Å². The molecule has 0 spiro atoms. The number of H-pyrrole nitrogens is 1. The van der Waals surface area contributed by atoms with Gasteiger partial charge in [0, 0.05) is 35.0 Å². The Morgan fingerprint density at radius 2 is 1.68 bits per heavy atom. The number of rotatable bonds is 10. The van der Waals surface area contributed by atoms with Gasteiger partial charge in [0.25, 0.3) is 0 Å². The summed E-state index contributed by atoms with van der Waals surface area (Å²) in [7, 11) is 0. The van der Waals surface area contributed by atoms with E-state index in [9.17, 15) is 19.5 Å². The number of hydrogen-bond donors (Lipinski definition) is 3. The topological polar surface area (TPSA) is 99.3 Å². The van der Waals surface area contributed by atoms with Gasteiger partial charge < -0.3 is 15.4 Å². The number of aromatic amines is 1. The molecule has 0 radical (unpaired) electrons. The first-order valence-corrected chi connectivity index (χ1v) is 10.5. The van der Waals surface area contributed by atoms with Crippen molar-refractivity contribution in [2.45, 2.75) is 39.2 Å². The van der Waals surface area contributed by atoms with Crippen LogP contribution in [-0.2, 0) is 16.0 Å². The van der Waals surface area contributed by atoms with Gasteiger partial charge in [-0.1, -0.05) is 62.4 Å². The van der Waals surface area contributed by atoms with Crippen molar-refractivity contribution in [2.75, 3.05) is 0 Å². The molecule has 3 N–H and O–H groups in total. The minimum atomic E-state index is -1.02. The molecule has 0 unspecified atom stereocenters. The Morgan fingerprint density at radius 1 is 1.00 bits per heavy atom. The van der Waals surface area contributed by atoms with Gasteiger partial charge in [-0.15, -0.1) is 0 Å². The summed E-state index contributed by atoms with van der Waals surface area (Å²) in [6, 6.07) is 16.2. The smallest absolute Gasteiger partial charge is 0.304 e. The number of benzene rings is 2. The maximum absolute atomic E-state index is 13.5. The highest BCUT2D eigenvalue weighted by molar-refractivity contribution is 6.11. The molecular weight excluding hydrogens is 392 g/mol. The van der Waals surface area contributed by atoms with Crippen LogP contribution in [-0.4, -0.2) is 33.8 Å². The zero-order chi connectivity index (χ0) is 22.4. The maximum atomic E-state index is 13.5. The van der Waals surface area contributed by atoms with Gasteiger partial charge in [0.05, 0.1) is 12.5 Å². The average Bonchev–Trinajstić information content (AvgIpc) is 3.16. The average molecular weight is 421 g/mol. The summed E-state index contributed by atoms with van der Waals surface area (Å²) < 4.78 is 0. The Bertz CT molecular complexity index is 1060. The molecule has 1 amide bonds. The summed E-state index contributed by atoms with van der Waals surface area (Å²) in [5.74, 6) is -2.15. The molecule has 0 saturated heterocycles. The van der Waals surface area contributed by atoms with Crippen LogP contribution in [0, 0.1) is 11.8 Å². The first-order chi connectivity index (χ1) is 14.8. The van der Waals surface area contributed by atoms with Crippen molar-refractivity contribution in [3.63, 3.8) is 0 Å². The fraction of sp³-hybridized carbons (Fsp3) is 0.320. The molecule has 162 valence electrons. The largest absolute Gasteiger partial charge is 0.481 e. The van der Waals surface area contributed by atoms with Gasteiger partial charge in [-0.2, -0.15) is 0 Å². The maximum Gasteiger partial charge on any atom is 0.304 e. The van der Waals surface area contributed by atoms with E-state index in [-0.39, 0.29) is 18.1 Å². The van der Waals surface area contributed by atoms with E-state index in [4.69, 9.17) is 0 Å². The van der Waals surface area contributed by atoms with Crippen LogP contribution < -0.4 is 5.32 Å². The van der Waals surface area contributed by atoms with Gasteiger partial charge in [-0.3, -0.25) is 14.4 Å². The highest BCUT2D eigenvalue weighted by atomic mass is 16.4. The van der Waals surface area contributed by atoms with Crippen LogP contribution in [0.1, 0.15) is 42.6 Å². The first-order valence-electron chi connectivity index (χ1n) is 10.5. The number of Topliss-reactive ketones (excluding diaryl/α,β-unsaturated/α-hetero) is 1. The Kier molecular flexibility index (Phi) is 7.23. The molecule has 31 heavy (non-hydrogen) atoms. The quantitative estimate of drug-likeness (QED) is 0.428. The van der Waals surface area contributed by atoms with Crippen LogP contribution >= 0.6 is 0 Å². The molecule has 0 saturated carbocycles. The summed E-state index contributed by atoms with van der Waals surface area (Å²) >= 11 is 0. The molecule has 0 fully saturated rings. The van der Waals surface area contributed by atoms with Crippen molar-refractivity contribution in [1.82, 2.24) is 10.3 Å². The Hall–Kier alpha value is -3.41. The fourth-order valence-electron chi connectivity index (χ4n) is 3.87. The summed E-state index contributed by atoms with van der Waals surface area (Å²) in [6.45, 7) is 3.89. The molecule has 0 bridgehead atoms. The number of fused-ring (bicyclic) bond motifs is 1. The first kappa shape index (κ1) is 22.3. The third kappa shape index (κ3) is 5.81. The minimum Gasteiger partial charge on any atom is -0.481 e. The van der Waals surface area contributed by atoms with Crippen LogP contribution in [0.15, 0.2) is 60.8 Å². The van der Waals surface area contributed by atoms with Crippen LogP contribution in [0.3, 0.4) is 0 Å². The van der Waals surface area contributed by atoms with Crippen molar-refractivity contribution in [1.29, 1.82) is 0 Å².